The average molecular weight is 305 g/mol. The molecule has 0 aliphatic rings. The Morgan fingerprint density at radius 1 is 1.58 bits per heavy atom. The summed E-state index contributed by atoms with van der Waals surface area (Å²) in [5.74, 6) is 0. The summed E-state index contributed by atoms with van der Waals surface area (Å²) < 4.78 is 5.14. The molecular formula is C13H21ClN2O2S. The predicted molar refractivity (Wildman–Crippen MR) is 80.0 cm³/mol. The van der Waals surface area contributed by atoms with Crippen molar-refractivity contribution in [2.75, 3.05) is 6.54 Å². The van der Waals surface area contributed by atoms with E-state index in [9.17, 15) is 4.79 Å². The number of aryl methyl sites for hydroxylation is 1. The lowest BCUT2D eigenvalue weighted by Crippen LogP contribution is -2.41. The summed E-state index contributed by atoms with van der Waals surface area (Å²) in [6.07, 6.45) is 0.198. The number of thiophene rings is 1. The lowest BCUT2D eigenvalue weighted by atomic mass is 10.2. The molecule has 1 aromatic rings. The van der Waals surface area contributed by atoms with Crippen LogP contribution >= 0.6 is 22.9 Å². The number of halogens is 1. The van der Waals surface area contributed by atoms with E-state index in [0.717, 1.165) is 15.5 Å². The van der Waals surface area contributed by atoms with Crippen molar-refractivity contribution in [3.63, 3.8) is 0 Å². The van der Waals surface area contributed by atoms with Crippen molar-refractivity contribution in [2.24, 2.45) is 5.73 Å². The summed E-state index contributed by atoms with van der Waals surface area (Å²) in [5.41, 5.74) is 6.54. The predicted octanol–water partition coefficient (Wildman–Crippen LogP) is 3.10. The van der Waals surface area contributed by atoms with E-state index in [1.807, 2.05) is 33.1 Å². The third-order valence-electron chi connectivity index (χ3n) is 2.32. The first kappa shape index (κ1) is 16.3. The Hall–Kier alpha value is -0.780. The first-order valence-corrected chi connectivity index (χ1v) is 7.39. The number of alkyl carbamates (subject to hydrolysis) is 1. The van der Waals surface area contributed by atoms with E-state index in [0.29, 0.717) is 13.0 Å². The fraction of sp³-hybridized carbons (Fsp3) is 0.615. The Morgan fingerprint density at radius 2 is 2.21 bits per heavy atom. The fourth-order valence-electron chi connectivity index (χ4n) is 1.46. The second kappa shape index (κ2) is 6.59. The topological polar surface area (TPSA) is 64.3 Å². The number of hydrogen-bond donors (Lipinski definition) is 2. The number of ether oxygens (including phenoxy) is 1. The molecule has 0 bridgehead atoms. The van der Waals surface area contributed by atoms with E-state index < -0.39 is 11.7 Å². The molecule has 1 amide bonds. The second-order valence-corrected chi connectivity index (χ2v) is 6.85. The number of carbonyl (C=O) groups is 1. The van der Waals surface area contributed by atoms with Crippen LogP contribution in [0.2, 0.25) is 5.02 Å². The molecule has 1 aromatic heterocycles. The van der Waals surface area contributed by atoms with Gasteiger partial charge in [0.05, 0.1) is 5.02 Å². The molecule has 4 nitrogen and oxygen atoms in total. The number of amides is 1. The van der Waals surface area contributed by atoms with Crippen molar-refractivity contribution in [3.05, 3.63) is 20.8 Å². The van der Waals surface area contributed by atoms with Crippen LogP contribution < -0.4 is 11.1 Å². The van der Waals surface area contributed by atoms with E-state index in [2.05, 4.69) is 5.32 Å². The zero-order valence-electron chi connectivity index (χ0n) is 11.7. The summed E-state index contributed by atoms with van der Waals surface area (Å²) in [5, 5.41) is 5.44. The molecule has 19 heavy (non-hydrogen) atoms. The minimum Gasteiger partial charge on any atom is -0.444 e. The highest BCUT2D eigenvalue weighted by Crippen LogP contribution is 2.27. The summed E-state index contributed by atoms with van der Waals surface area (Å²) in [4.78, 5) is 12.5. The summed E-state index contributed by atoms with van der Waals surface area (Å²) in [7, 11) is 0. The van der Waals surface area contributed by atoms with Crippen molar-refractivity contribution in [3.8, 4) is 0 Å². The van der Waals surface area contributed by atoms with Crippen LogP contribution in [0.3, 0.4) is 0 Å². The Kier molecular flexibility index (Phi) is 5.64. The minimum absolute atomic E-state index is 0.178. The molecule has 0 saturated heterocycles. The molecule has 1 unspecified atom stereocenters. The van der Waals surface area contributed by atoms with Crippen molar-refractivity contribution >= 4 is 29.0 Å². The highest BCUT2D eigenvalue weighted by atomic mass is 35.5. The van der Waals surface area contributed by atoms with Crippen LogP contribution in [0.15, 0.2) is 5.38 Å². The molecule has 6 heteroatoms. The van der Waals surface area contributed by atoms with Gasteiger partial charge in [-0.25, -0.2) is 4.79 Å². The van der Waals surface area contributed by atoms with Gasteiger partial charge >= 0.3 is 6.09 Å². The smallest absolute Gasteiger partial charge is 0.407 e. The van der Waals surface area contributed by atoms with Gasteiger partial charge in [0.15, 0.2) is 0 Å². The third kappa shape index (κ3) is 5.80. The normalized spacial score (nSPS) is 13.2. The molecular weight excluding hydrogens is 284 g/mol. The van der Waals surface area contributed by atoms with Crippen LogP contribution in [-0.4, -0.2) is 24.3 Å². The monoisotopic (exact) mass is 304 g/mol. The quantitative estimate of drug-likeness (QED) is 0.898. The molecule has 0 aromatic carbocycles. The van der Waals surface area contributed by atoms with E-state index in [1.165, 1.54) is 0 Å². The number of carbonyl (C=O) groups excluding carboxylic acids is 1. The standard InChI is InChI=1S/C13H21ClN2O2S/c1-8-7-19-10(11(8)14)5-9(15)6-16-12(17)18-13(2,3)4/h7,9H,5-6,15H2,1-4H3,(H,16,17). The van der Waals surface area contributed by atoms with E-state index in [4.69, 9.17) is 22.1 Å². The van der Waals surface area contributed by atoms with Crippen LogP contribution in [0.4, 0.5) is 4.79 Å². The van der Waals surface area contributed by atoms with E-state index in [1.54, 1.807) is 11.3 Å². The van der Waals surface area contributed by atoms with Crippen LogP contribution in [0.5, 0.6) is 0 Å². The largest absolute Gasteiger partial charge is 0.444 e. The number of nitrogens with one attached hydrogen (secondary N) is 1. The Labute approximate surface area is 123 Å². The second-order valence-electron chi connectivity index (χ2n) is 5.50. The Balaban J connectivity index is 2.38. The molecule has 0 spiro atoms. The zero-order valence-corrected chi connectivity index (χ0v) is 13.3. The van der Waals surface area contributed by atoms with Gasteiger partial charge < -0.3 is 15.8 Å². The Bertz CT molecular complexity index is 440. The Morgan fingerprint density at radius 3 is 2.68 bits per heavy atom. The van der Waals surface area contributed by atoms with Gasteiger partial charge in [-0.2, -0.15) is 0 Å². The maximum absolute atomic E-state index is 11.5. The van der Waals surface area contributed by atoms with Crippen LogP contribution in [0, 0.1) is 6.92 Å². The van der Waals surface area contributed by atoms with Crippen molar-refractivity contribution < 1.29 is 9.53 Å². The van der Waals surface area contributed by atoms with Gasteiger partial charge in [-0.3, -0.25) is 0 Å². The SMILES string of the molecule is Cc1csc(CC(N)CNC(=O)OC(C)(C)C)c1Cl. The summed E-state index contributed by atoms with van der Waals surface area (Å²) in [6, 6.07) is -0.178. The van der Waals surface area contributed by atoms with Crippen molar-refractivity contribution in [1.29, 1.82) is 0 Å². The molecule has 1 rings (SSSR count). The van der Waals surface area contributed by atoms with Crippen LogP contribution in [-0.2, 0) is 11.2 Å². The van der Waals surface area contributed by atoms with Crippen molar-refractivity contribution in [2.45, 2.75) is 45.8 Å². The lowest BCUT2D eigenvalue weighted by molar-refractivity contribution is 0.0524. The third-order valence-corrected chi connectivity index (χ3v) is 4.09. The van der Waals surface area contributed by atoms with E-state index in [-0.39, 0.29) is 6.04 Å². The summed E-state index contributed by atoms with van der Waals surface area (Å²) in [6.45, 7) is 7.79. The van der Waals surface area contributed by atoms with Crippen molar-refractivity contribution in [1.82, 2.24) is 5.32 Å². The van der Waals surface area contributed by atoms with Gasteiger partial charge in [-0.05, 0) is 38.6 Å². The maximum Gasteiger partial charge on any atom is 0.407 e. The molecule has 1 atom stereocenters. The van der Waals surface area contributed by atoms with Gasteiger partial charge in [0.1, 0.15) is 5.60 Å². The summed E-state index contributed by atoms with van der Waals surface area (Å²) >= 11 is 7.74. The van der Waals surface area contributed by atoms with Gasteiger partial charge in [0.2, 0.25) is 0 Å². The minimum atomic E-state index is -0.498. The molecule has 108 valence electrons. The molecule has 1 heterocycles. The van der Waals surface area contributed by atoms with Gasteiger partial charge in [-0.15, -0.1) is 11.3 Å². The van der Waals surface area contributed by atoms with Gasteiger partial charge in [0.25, 0.3) is 0 Å². The van der Waals surface area contributed by atoms with E-state index >= 15 is 0 Å². The first-order chi connectivity index (χ1) is 8.69. The van der Waals surface area contributed by atoms with Crippen LogP contribution in [0.25, 0.3) is 0 Å². The van der Waals surface area contributed by atoms with Gasteiger partial charge in [-0.1, -0.05) is 11.6 Å². The molecule has 3 N–H and O–H groups in total. The lowest BCUT2D eigenvalue weighted by Gasteiger charge is -2.20. The number of nitrogens with two attached hydrogens (primary N) is 1. The highest BCUT2D eigenvalue weighted by molar-refractivity contribution is 7.10. The molecule has 0 radical (unpaired) electrons. The first-order valence-electron chi connectivity index (χ1n) is 6.14. The average Bonchev–Trinajstić information content (AvgIpc) is 2.56. The maximum atomic E-state index is 11.5. The molecule has 0 aliphatic heterocycles. The zero-order chi connectivity index (χ0) is 14.6. The molecule has 0 fully saturated rings. The highest BCUT2D eigenvalue weighted by Gasteiger charge is 2.17. The van der Waals surface area contributed by atoms with Gasteiger partial charge in [0, 0.05) is 23.9 Å². The molecule has 0 saturated carbocycles. The fourth-order valence-corrected chi connectivity index (χ4v) is 2.80. The van der Waals surface area contributed by atoms with Crippen LogP contribution in [0.1, 0.15) is 31.2 Å². The number of hydrogen-bond acceptors (Lipinski definition) is 4. The molecule has 0 aliphatic carbocycles. The number of rotatable bonds is 4.